The van der Waals surface area contributed by atoms with Crippen LogP contribution in [0.5, 0.6) is 5.75 Å². The first kappa shape index (κ1) is 19.5. The van der Waals surface area contributed by atoms with Gasteiger partial charge < -0.3 is 14.3 Å². The molecule has 6 nitrogen and oxygen atoms in total. The summed E-state index contributed by atoms with van der Waals surface area (Å²) >= 11 is 3.50. The van der Waals surface area contributed by atoms with E-state index in [-0.39, 0.29) is 17.1 Å². The van der Waals surface area contributed by atoms with Gasteiger partial charge in [0.15, 0.2) is 5.78 Å². The Labute approximate surface area is 183 Å². The summed E-state index contributed by atoms with van der Waals surface area (Å²) in [5.74, 6) is 0.130. The normalized spacial score (nSPS) is 34.5. The van der Waals surface area contributed by atoms with E-state index in [1.165, 1.54) is 0 Å². The summed E-state index contributed by atoms with van der Waals surface area (Å²) in [6, 6.07) is 5.66. The fraction of sp³-hybridized carbons (Fsp3) is 0.435. The van der Waals surface area contributed by atoms with Crippen LogP contribution in [0.3, 0.4) is 0 Å². The minimum Gasteiger partial charge on any atom is -0.496 e. The van der Waals surface area contributed by atoms with Crippen LogP contribution in [-0.2, 0) is 19.2 Å². The first-order valence-corrected chi connectivity index (χ1v) is 10.8. The zero-order valence-electron chi connectivity index (χ0n) is 17.0. The number of esters is 1. The van der Waals surface area contributed by atoms with E-state index in [2.05, 4.69) is 28.0 Å². The topological polar surface area (TPSA) is 74.2 Å². The van der Waals surface area contributed by atoms with E-state index in [9.17, 15) is 9.59 Å². The second kappa shape index (κ2) is 6.54. The Hall–Kier alpha value is -2.41. The molecule has 4 aliphatic rings. The predicted molar refractivity (Wildman–Crippen MR) is 113 cm³/mol. The second-order valence-corrected chi connectivity index (χ2v) is 9.52. The number of ketones is 1. The number of allylic oxidation sites excluding steroid dienone is 3. The molecule has 2 fully saturated rings. The van der Waals surface area contributed by atoms with Crippen LogP contribution in [0.25, 0.3) is 0 Å². The minimum atomic E-state index is -1.13. The van der Waals surface area contributed by atoms with Gasteiger partial charge in [-0.25, -0.2) is 4.79 Å². The van der Waals surface area contributed by atoms with Crippen LogP contribution in [0, 0.1) is 11.3 Å². The lowest BCUT2D eigenvalue weighted by atomic mass is 9.60. The van der Waals surface area contributed by atoms with Gasteiger partial charge in [0.05, 0.1) is 23.2 Å². The lowest BCUT2D eigenvalue weighted by Crippen LogP contribution is -2.47. The smallest absolute Gasteiger partial charge is 0.354 e. The van der Waals surface area contributed by atoms with Gasteiger partial charge in [0, 0.05) is 23.0 Å². The third-order valence-corrected chi connectivity index (χ3v) is 7.65. The summed E-state index contributed by atoms with van der Waals surface area (Å²) in [5, 5.41) is 4.29. The Morgan fingerprint density at radius 2 is 2.10 bits per heavy atom. The summed E-state index contributed by atoms with van der Waals surface area (Å²) in [6.45, 7) is 3.93. The average molecular weight is 472 g/mol. The number of oxime groups is 1. The number of nitrogens with zero attached hydrogens (tertiary/aromatic N) is 1. The summed E-state index contributed by atoms with van der Waals surface area (Å²) in [6.07, 6.45) is 5.08. The maximum atomic E-state index is 13.1. The van der Waals surface area contributed by atoms with Crippen molar-refractivity contribution in [3.05, 3.63) is 51.5 Å². The van der Waals surface area contributed by atoms with Crippen molar-refractivity contribution in [2.75, 3.05) is 7.11 Å². The highest BCUT2D eigenvalue weighted by molar-refractivity contribution is 9.10. The zero-order valence-corrected chi connectivity index (χ0v) is 18.6. The Balaban J connectivity index is 1.48. The lowest BCUT2D eigenvalue weighted by molar-refractivity contribution is -0.158. The van der Waals surface area contributed by atoms with Crippen molar-refractivity contribution in [1.82, 2.24) is 0 Å². The molecule has 1 saturated carbocycles. The Kier molecular flexibility index (Phi) is 4.26. The fourth-order valence-corrected chi connectivity index (χ4v) is 5.88. The van der Waals surface area contributed by atoms with Crippen LogP contribution < -0.4 is 4.74 Å². The van der Waals surface area contributed by atoms with Crippen molar-refractivity contribution in [2.24, 2.45) is 16.5 Å². The average Bonchev–Trinajstić information content (AvgIpc) is 3.28. The van der Waals surface area contributed by atoms with Crippen molar-refractivity contribution in [3.8, 4) is 5.75 Å². The van der Waals surface area contributed by atoms with Crippen molar-refractivity contribution >= 4 is 33.4 Å². The van der Waals surface area contributed by atoms with Gasteiger partial charge in [0.25, 0.3) is 0 Å². The van der Waals surface area contributed by atoms with Crippen LogP contribution in [0.1, 0.15) is 38.7 Å². The maximum Gasteiger partial charge on any atom is 0.354 e. The Morgan fingerprint density at radius 1 is 1.30 bits per heavy atom. The molecule has 4 atom stereocenters. The number of carbonyl (C=O) groups is 2. The predicted octanol–water partition coefficient (Wildman–Crippen LogP) is 4.12. The van der Waals surface area contributed by atoms with Crippen LogP contribution in [0.2, 0.25) is 0 Å². The monoisotopic (exact) mass is 471 g/mol. The third-order valence-electron chi connectivity index (χ3n) is 7.03. The molecule has 30 heavy (non-hydrogen) atoms. The summed E-state index contributed by atoms with van der Waals surface area (Å²) in [4.78, 5) is 31.3. The molecule has 1 spiro atoms. The van der Waals surface area contributed by atoms with Gasteiger partial charge in [0.2, 0.25) is 5.60 Å². The number of benzene rings is 1. The highest BCUT2D eigenvalue weighted by Crippen LogP contribution is 2.56. The van der Waals surface area contributed by atoms with E-state index in [1.54, 1.807) is 13.2 Å². The molecule has 156 valence electrons. The second-order valence-electron chi connectivity index (χ2n) is 8.67. The Morgan fingerprint density at radius 3 is 2.83 bits per heavy atom. The number of fused-ring (bicyclic) bond motifs is 4. The molecule has 2 aliphatic carbocycles. The highest BCUT2D eigenvalue weighted by atomic mass is 79.9. The number of methoxy groups -OCH3 is 1. The van der Waals surface area contributed by atoms with Crippen molar-refractivity contribution in [2.45, 2.75) is 44.8 Å². The molecule has 2 heterocycles. The molecule has 0 unspecified atom stereocenters. The molecule has 7 heteroatoms. The first-order valence-electron chi connectivity index (χ1n) is 10.0. The van der Waals surface area contributed by atoms with Gasteiger partial charge in [0.1, 0.15) is 11.9 Å². The minimum absolute atomic E-state index is 0.0208. The largest absolute Gasteiger partial charge is 0.496 e. The van der Waals surface area contributed by atoms with Gasteiger partial charge in [-0.1, -0.05) is 18.2 Å². The number of hydrogen-bond donors (Lipinski definition) is 0. The zero-order chi connectivity index (χ0) is 21.3. The summed E-state index contributed by atoms with van der Waals surface area (Å²) in [5.41, 5.74) is 1.76. The molecular weight excluding hydrogens is 450 g/mol. The number of carbonyl (C=O) groups excluding carboxylic acids is 2. The first-order chi connectivity index (χ1) is 14.3. The van der Waals surface area contributed by atoms with E-state index < -0.39 is 17.7 Å². The van der Waals surface area contributed by atoms with Crippen LogP contribution in [0.15, 0.2) is 51.1 Å². The SMILES string of the molecule is COc1ccc(C2=NO[C@]3(C2)C(=O)O[C@@H]2C4=C(C)C(=O)C=C[C@]4(C)CC[C@H]23)cc1Br. The summed E-state index contributed by atoms with van der Waals surface area (Å²) in [7, 11) is 1.61. The van der Waals surface area contributed by atoms with Gasteiger partial charge >= 0.3 is 5.97 Å². The quantitative estimate of drug-likeness (QED) is 0.606. The molecule has 1 aromatic rings. The molecular formula is C23H22BrNO5. The summed E-state index contributed by atoms with van der Waals surface area (Å²) < 4.78 is 12.0. The van der Waals surface area contributed by atoms with Gasteiger partial charge in [-0.15, -0.1) is 0 Å². The van der Waals surface area contributed by atoms with E-state index in [1.807, 2.05) is 31.2 Å². The molecule has 1 aromatic carbocycles. The van der Waals surface area contributed by atoms with Crippen molar-refractivity contribution in [3.63, 3.8) is 0 Å². The van der Waals surface area contributed by atoms with Crippen LogP contribution in [0.4, 0.5) is 0 Å². The lowest BCUT2D eigenvalue weighted by Gasteiger charge is -2.43. The number of hydrogen-bond acceptors (Lipinski definition) is 6. The molecule has 0 bridgehead atoms. The van der Waals surface area contributed by atoms with E-state index in [0.29, 0.717) is 17.7 Å². The van der Waals surface area contributed by atoms with Gasteiger partial charge in [-0.2, -0.15) is 0 Å². The van der Waals surface area contributed by atoms with Crippen molar-refractivity contribution in [1.29, 1.82) is 0 Å². The molecule has 2 aliphatic heterocycles. The highest BCUT2D eigenvalue weighted by Gasteiger charge is 2.66. The van der Waals surface area contributed by atoms with E-state index in [0.717, 1.165) is 34.2 Å². The third kappa shape index (κ3) is 2.57. The Bertz CT molecular complexity index is 1070. The molecule has 5 rings (SSSR count). The number of ether oxygens (including phenoxy) is 2. The molecule has 0 N–H and O–H groups in total. The molecule has 0 amide bonds. The van der Waals surface area contributed by atoms with Gasteiger partial charge in [-0.3, -0.25) is 4.79 Å². The van der Waals surface area contributed by atoms with E-state index >= 15 is 0 Å². The fourth-order valence-electron chi connectivity index (χ4n) is 5.34. The standard InChI is InChI=1S/C23H22BrNO5/c1-12-17(26)7-9-22(2)8-6-14-20(19(12)22)29-21(27)23(14)11-16(25-30-23)13-4-5-18(28-3)15(24)10-13/h4-5,7,9-10,14,20H,6,8,11H2,1-3H3/t14-,20+,22+,23+/m1/s1. The number of rotatable bonds is 2. The molecule has 0 aromatic heterocycles. The van der Waals surface area contributed by atoms with Crippen LogP contribution in [-0.4, -0.2) is 36.3 Å². The number of halogens is 1. The molecule has 1 saturated heterocycles. The van der Waals surface area contributed by atoms with Crippen molar-refractivity contribution < 1.29 is 23.9 Å². The van der Waals surface area contributed by atoms with Gasteiger partial charge in [-0.05, 0) is 65.5 Å². The van der Waals surface area contributed by atoms with E-state index in [4.69, 9.17) is 14.3 Å². The molecule has 0 radical (unpaired) electrons. The maximum absolute atomic E-state index is 13.1. The van der Waals surface area contributed by atoms with Crippen LogP contribution >= 0.6 is 15.9 Å².